The summed E-state index contributed by atoms with van der Waals surface area (Å²) in [5, 5.41) is 12.4. The molecule has 1 aliphatic heterocycles. The second kappa shape index (κ2) is 9.63. The van der Waals surface area contributed by atoms with Crippen molar-refractivity contribution >= 4 is 5.95 Å². The molecule has 0 amide bonds. The molecule has 162 valence electrons. The molecule has 4 nitrogen and oxygen atoms in total. The molecule has 0 fully saturated rings. The SMILES string of the molecule is OC1(Cc2ccccc2)C(Cc2ccccc2)[n+]2cccnc2N1Cc1ccccc1.[Br-]. The third-order valence-electron chi connectivity index (χ3n) is 6.09. The first-order chi connectivity index (χ1) is 15.2. The molecule has 0 bridgehead atoms. The fourth-order valence-corrected chi connectivity index (χ4v) is 4.58. The van der Waals surface area contributed by atoms with E-state index >= 15 is 0 Å². The highest BCUT2D eigenvalue weighted by Gasteiger charge is 2.57. The highest BCUT2D eigenvalue weighted by atomic mass is 79.9. The Morgan fingerprint density at radius 3 is 1.97 bits per heavy atom. The topological polar surface area (TPSA) is 40.2 Å². The first-order valence-electron chi connectivity index (χ1n) is 10.7. The van der Waals surface area contributed by atoms with Crippen molar-refractivity contribution < 1.29 is 26.7 Å². The van der Waals surface area contributed by atoms with Crippen LogP contribution in [-0.2, 0) is 19.4 Å². The standard InChI is InChI=1S/C27H26N3O.BrH/c31-27(20-23-13-6-2-7-14-23)25(19-22-11-4-1-5-12-22)29-18-10-17-28-26(29)30(27)21-24-15-8-3-9-16-24;/h1-18,25,31H,19-21H2;1H/q+1;/p-1. The van der Waals surface area contributed by atoms with Gasteiger partial charge in [-0.2, -0.15) is 0 Å². The summed E-state index contributed by atoms with van der Waals surface area (Å²) in [6.07, 6.45) is 5.08. The van der Waals surface area contributed by atoms with Gasteiger partial charge in [-0.15, -0.1) is 0 Å². The van der Waals surface area contributed by atoms with Crippen LogP contribution in [0.5, 0.6) is 0 Å². The molecule has 0 saturated carbocycles. The minimum Gasteiger partial charge on any atom is -1.00 e. The Labute approximate surface area is 199 Å². The molecule has 0 radical (unpaired) electrons. The zero-order chi connectivity index (χ0) is 21.1. The van der Waals surface area contributed by atoms with Crippen LogP contribution in [0.4, 0.5) is 5.95 Å². The Hall–Kier alpha value is -3.02. The lowest BCUT2D eigenvalue weighted by atomic mass is 9.90. The predicted octanol–water partition coefficient (Wildman–Crippen LogP) is 1.11. The quantitative estimate of drug-likeness (QED) is 0.414. The number of hydrogen-bond donors (Lipinski definition) is 1. The van der Waals surface area contributed by atoms with Gasteiger partial charge >= 0.3 is 5.95 Å². The first-order valence-corrected chi connectivity index (χ1v) is 10.7. The van der Waals surface area contributed by atoms with E-state index in [2.05, 4.69) is 58.0 Å². The van der Waals surface area contributed by atoms with E-state index in [0.717, 1.165) is 23.5 Å². The van der Waals surface area contributed by atoms with Crippen LogP contribution in [-0.4, -0.2) is 15.8 Å². The van der Waals surface area contributed by atoms with Gasteiger partial charge in [-0.1, -0.05) is 96.0 Å². The molecule has 1 aromatic heterocycles. The van der Waals surface area contributed by atoms with E-state index in [9.17, 15) is 5.11 Å². The fraction of sp³-hybridized carbons (Fsp3) is 0.185. The highest BCUT2D eigenvalue weighted by Crippen LogP contribution is 2.39. The molecule has 2 atom stereocenters. The molecular weight excluding hydrogens is 462 g/mol. The van der Waals surface area contributed by atoms with E-state index in [1.54, 1.807) is 6.20 Å². The van der Waals surface area contributed by atoms with E-state index in [4.69, 9.17) is 4.98 Å². The van der Waals surface area contributed by atoms with Crippen molar-refractivity contribution in [2.75, 3.05) is 4.90 Å². The molecule has 5 heteroatoms. The lowest BCUT2D eigenvalue weighted by Crippen LogP contribution is -3.00. The Morgan fingerprint density at radius 2 is 1.34 bits per heavy atom. The Morgan fingerprint density at radius 1 is 0.781 bits per heavy atom. The number of fused-ring (bicyclic) bond motifs is 1. The maximum absolute atomic E-state index is 12.4. The summed E-state index contributed by atoms with van der Waals surface area (Å²) in [6.45, 7) is 0.590. The summed E-state index contributed by atoms with van der Waals surface area (Å²) in [5.41, 5.74) is 2.33. The largest absolute Gasteiger partial charge is 1.00 e. The summed E-state index contributed by atoms with van der Waals surface area (Å²) in [7, 11) is 0. The van der Waals surface area contributed by atoms with Crippen molar-refractivity contribution in [2.24, 2.45) is 0 Å². The van der Waals surface area contributed by atoms with E-state index in [1.165, 1.54) is 5.56 Å². The van der Waals surface area contributed by atoms with E-state index in [-0.39, 0.29) is 23.0 Å². The molecule has 32 heavy (non-hydrogen) atoms. The Balaban J connectivity index is 0.00000245. The maximum atomic E-state index is 12.4. The zero-order valence-corrected chi connectivity index (χ0v) is 19.3. The molecule has 4 aromatic rings. The molecule has 3 aromatic carbocycles. The van der Waals surface area contributed by atoms with Crippen LogP contribution in [0, 0.1) is 0 Å². The normalized spacial score (nSPS) is 19.3. The lowest BCUT2D eigenvalue weighted by molar-refractivity contribution is -0.711. The molecular formula is C27H26BrN3O. The van der Waals surface area contributed by atoms with Crippen molar-refractivity contribution in [3.63, 3.8) is 0 Å². The smallest absolute Gasteiger partial charge is 0.397 e. The van der Waals surface area contributed by atoms with Gasteiger partial charge in [-0.25, -0.2) is 9.47 Å². The van der Waals surface area contributed by atoms with Gasteiger partial charge in [-0.05, 0) is 16.7 Å². The number of hydrogen-bond acceptors (Lipinski definition) is 3. The van der Waals surface area contributed by atoms with Gasteiger partial charge in [0.05, 0.1) is 12.7 Å². The van der Waals surface area contributed by atoms with Crippen LogP contribution in [0.25, 0.3) is 0 Å². The maximum Gasteiger partial charge on any atom is 0.397 e. The van der Waals surface area contributed by atoms with Crippen molar-refractivity contribution in [3.05, 3.63) is 126 Å². The molecule has 1 aliphatic rings. The van der Waals surface area contributed by atoms with Gasteiger partial charge in [0.15, 0.2) is 0 Å². The van der Waals surface area contributed by atoms with Crippen LogP contribution in [0.2, 0.25) is 0 Å². The minimum absolute atomic E-state index is 0. The van der Waals surface area contributed by atoms with Crippen LogP contribution in [0.3, 0.4) is 0 Å². The van der Waals surface area contributed by atoms with Crippen LogP contribution in [0.15, 0.2) is 109 Å². The average Bonchev–Trinajstić information content (AvgIpc) is 3.04. The summed E-state index contributed by atoms with van der Waals surface area (Å²) < 4.78 is 2.14. The summed E-state index contributed by atoms with van der Waals surface area (Å²) in [4.78, 5) is 6.77. The van der Waals surface area contributed by atoms with Crippen LogP contribution >= 0.6 is 0 Å². The molecule has 5 rings (SSSR count). The van der Waals surface area contributed by atoms with Gasteiger partial charge in [0.25, 0.3) is 0 Å². The molecule has 2 heterocycles. The van der Waals surface area contributed by atoms with Gasteiger partial charge in [0, 0.05) is 18.9 Å². The number of aliphatic hydroxyl groups is 1. The summed E-state index contributed by atoms with van der Waals surface area (Å²) in [5.74, 6) is 0.797. The van der Waals surface area contributed by atoms with Gasteiger partial charge < -0.3 is 22.1 Å². The summed E-state index contributed by atoms with van der Waals surface area (Å²) in [6, 6.07) is 32.7. The van der Waals surface area contributed by atoms with Crippen molar-refractivity contribution in [2.45, 2.75) is 31.2 Å². The number of benzene rings is 3. The van der Waals surface area contributed by atoms with E-state index in [1.807, 2.05) is 54.7 Å². The summed E-state index contributed by atoms with van der Waals surface area (Å²) >= 11 is 0. The van der Waals surface area contributed by atoms with Gasteiger partial charge in [0.2, 0.25) is 5.72 Å². The third-order valence-corrected chi connectivity index (χ3v) is 6.09. The first kappa shape index (κ1) is 22.2. The second-order valence-corrected chi connectivity index (χ2v) is 8.15. The van der Waals surface area contributed by atoms with E-state index < -0.39 is 5.72 Å². The molecule has 0 spiro atoms. The molecule has 2 unspecified atom stereocenters. The molecule has 1 N–H and O–H groups in total. The second-order valence-electron chi connectivity index (χ2n) is 8.15. The monoisotopic (exact) mass is 487 g/mol. The molecule has 0 aliphatic carbocycles. The third kappa shape index (κ3) is 4.31. The highest BCUT2D eigenvalue weighted by molar-refractivity contribution is 5.38. The zero-order valence-electron chi connectivity index (χ0n) is 17.8. The number of aromatic nitrogens is 2. The minimum atomic E-state index is -1.12. The van der Waals surface area contributed by atoms with Crippen LogP contribution < -0.4 is 26.4 Å². The van der Waals surface area contributed by atoms with Gasteiger partial charge in [-0.3, -0.25) is 0 Å². The van der Waals surface area contributed by atoms with E-state index in [0.29, 0.717) is 13.0 Å². The lowest BCUT2D eigenvalue weighted by Gasteiger charge is -2.33. The van der Waals surface area contributed by atoms with Crippen LogP contribution in [0.1, 0.15) is 22.7 Å². The number of nitrogens with zero attached hydrogens (tertiary/aromatic N) is 3. The van der Waals surface area contributed by atoms with Crippen molar-refractivity contribution in [1.29, 1.82) is 0 Å². The Bertz CT molecular complexity index is 1070. The number of anilines is 1. The number of rotatable bonds is 6. The van der Waals surface area contributed by atoms with Crippen molar-refractivity contribution in [1.82, 2.24) is 4.98 Å². The Kier molecular flexibility index (Phi) is 6.68. The molecule has 0 saturated heterocycles. The predicted molar refractivity (Wildman–Crippen MR) is 121 cm³/mol. The number of halogens is 1. The van der Waals surface area contributed by atoms with Crippen molar-refractivity contribution in [3.8, 4) is 0 Å². The fourth-order valence-electron chi connectivity index (χ4n) is 4.58. The average molecular weight is 488 g/mol. The van der Waals surface area contributed by atoms with Gasteiger partial charge in [0.1, 0.15) is 12.2 Å².